The fourth-order valence-corrected chi connectivity index (χ4v) is 4.15. The van der Waals surface area contributed by atoms with E-state index in [0.717, 1.165) is 82.8 Å². The number of nitrogens with one attached hydrogen (secondary N) is 2. The van der Waals surface area contributed by atoms with Crippen LogP contribution >= 0.6 is 0 Å². The van der Waals surface area contributed by atoms with Crippen molar-refractivity contribution < 1.29 is 13.9 Å². The smallest absolute Gasteiger partial charge is 0.230 e. The largest absolute Gasteiger partial charge is 0.458 e. The molecule has 7 nitrogen and oxygen atoms in total. The van der Waals surface area contributed by atoms with Crippen molar-refractivity contribution in [2.75, 3.05) is 33.0 Å². The summed E-state index contributed by atoms with van der Waals surface area (Å²) in [5.74, 6) is 4.12. The van der Waals surface area contributed by atoms with Crippen molar-refractivity contribution in [2.45, 2.75) is 0 Å². The highest BCUT2D eigenvalue weighted by Gasteiger charge is 2.16. The van der Waals surface area contributed by atoms with Crippen LogP contribution in [0, 0.1) is 0 Å². The van der Waals surface area contributed by atoms with Crippen molar-refractivity contribution in [3.63, 3.8) is 0 Å². The van der Waals surface area contributed by atoms with E-state index in [1.807, 2.05) is 60.7 Å². The number of furan rings is 1. The number of aliphatic imine (C=N–C) groups is 2. The minimum absolute atomic E-state index is 0.126. The summed E-state index contributed by atoms with van der Waals surface area (Å²) >= 11 is 0. The number of rotatable bonds is 7. The molecule has 2 aliphatic rings. The lowest BCUT2D eigenvalue weighted by Crippen LogP contribution is -2.19. The Balaban J connectivity index is 1.10. The highest BCUT2D eigenvalue weighted by atomic mass is 16.7. The molecule has 2 aliphatic heterocycles. The molecule has 34 heavy (non-hydrogen) atoms. The lowest BCUT2D eigenvalue weighted by Gasteiger charge is -2.09. The normalized spacial score (nSPS) is 14.9. The molecule has 3 heterocycles. The van der Waals surface area contributed by atoms with Gasteiger partial charge in [-0.15, -0.1) is 0 Å². The Morgan fingerprint density at radius 3 is 2.03 bits per heavy atom. The number of benzene rings is 3. The van der Waals surface area contributed by atoms with E-state index in [2.05, 4.69) is 32.8 Å². The summed E-state index contributed by atoms with van der Waals surface area (Å²) in [6, 6.07) is 23.8. The van der Waals surface area contributed by atoms with Crippen LogP contribution in [-0.2, 0) is 0 Å². The summed E-state index contributed by atoms with van der Waals surface area (Å²) in [5.41, 5.74) is 3.89. The Kier molecular flexibility index (Phi) is 5.35. The van der Waals surface area contributed by atoms with Gasteiger partial charge in [-0.2, -0.15) is 0 Å². The molecule has 0 aliphatic carbocycles. The fourth-order valence-electron chi connectivity index (χ4n) is 4.15. The van der Waals surface area contributed by atoms with Crippen LogP contribution in [0.2, 0.25) is 0 Å². The molecule has 1 aromatic heterocycles. The van der Waals surface area contributed by atoms with E-state index in [4.69, 9.17) is 13.9 Å². The van der Waals surface area contributed by atoms with Gasteiger partial charge in [0, 0.05) is 29.6 Å². The third-order valence-electron chi connectivity index (χ3n) is 5.87. The zero-order valence-corrected chi connectivity index (χ0v) is 18.6. The Morgan fingerprint density at radius 1 is 0.735 bits per heavy atom. The number of fused-ring (bicyclic) bond motifs is 1. The highest BCUT2D eigenvalue weighted by molar-refractivity contribution is 6.09. The Morgan fingerprint density at radius 2 is 1.38 bits per heavy atom. The summed E-state index contributed by atoms with van der Waals surface area (Å²) in [6.45, 7) is 3.50. The average molecular weight is 453 g/mol. The molecule has 6 rings (SSSR count). The van der Waals surface area contributed by atoms with Crippen LogP contribution in [0.15, 0.2) is 87.2 Å². The first-order valence-corrected chi connectivity index (χ1v) is 11.4. The van der Waals surface area contributed by atoms with Gasteiger partial charge in [0.1, 0.15) is 34.5 Å². The molecule has 0 radical (unpaired) electrons. The maximum atomic E-state index is 6.22. The fraction of sp³-hybridized carbons (Fsp3) is 0.185. The van der Waals surface area contributed by atoms with Crippen LogP contribution in [0.3, 0.4) is 0 Å². The van der Waals surface area contributed by atoms with Crippen LogP contribution in [0.4, 0.5) is 0 Å². The zero-order valence-electron chi connectivity index (χ0n) is 18.6. The van der Waals surface area contributed by atoms with Gasteiger partial charge in [-0.05, 0) is 60.7 Å². The van der Waals surface area contributed by atoms with Gasteiger partial charge in [-0.25, -0.2) is 0 Å². The molecule has 0 atom stereocenters. The third kappa shape index (κ3) is 4.08. The molecule has 0 saturated heterocycles. The second-order valence-corrected chi connectivity index (χ2v) is 8.10. The molecule has 7 heteroatoms. The Hall–Kier alpha value is -4.26. The topological polar surface area (TPSA) is 80.4 Å². The van der Waals surface area contributed by atoms with Gasteiger partial charge in [-0.3, -0.25) is 9.98 Å². The van der Waals surface area contributed by atoms with Crippen molar-refractivity contribution in [1.82, 2.24) is 10.6 Å². The van der Waals surface area contributed by atoms with Gasteiger partial charge in [0.25, 0.3) is 0 Å². The first-order valence-electron chi connectivity index (χ1n) is 11.4. The first kappa shape index (κ1) is 20.4. The first-order chi connectivity index (χ1) is 16.8. The Bertz CT molecular complexity index is 1370. The van der Waals surface area contributed by atoms with Crippen LogP contribution in [0.5, 0.6) is 11.5 Å². The van der Waals surface area contributed by atoms with Crippen molar-refractivity contribution in [1.29, 1.82) is 0 Å². The molecule has 0 unspecified atom stereocenters. The minimum atomic E-state index is 0.126. The molecule has 170 valence electrons. The van der Waals surface area contributed by atoms with Gasteiger partial charge in [0.2, 0.25) is 6.79 Å². The molecule has 0 bridgehead atoms. The number of amidine groups is 2. The van der Waals surface area contributed by atoms with E-state index < -0.39 is 0 Å². The maximum Gasteiger partial charge on any atom is 0.230 e. The molecular formula is C27H24N4O3. The quantitative estimate of drug-likeness (QED) is 0.411. The molecule has 4 aromatic rings. The van der Waals surface area contributed by atoms with E-state index in [1.54, 1.807) is 0 Å². The monoisotopic (exact) mass is 452 g/mol. The molecule has 2 N–H and O–H groups in total. The average Bonchev–Trinajstić information content (AvgIpc) is 3.66. The SMILES string of the molecule is c1cc(C2=NCCN2)c2oc(-c3ccc(OCOc4ccc(C5=NCCN5)cc4)cc3)cc2c1. The summed E-state index contributed by atoms with van der Waals surface area (Å²) in [7, 11) is 0. The maximum absolute atomic E-state index is 6.22. The second-order valence-electron chi connectivity index (χ2n) is 8.10. The van der Waals surface area contributed by atoms with Gasteiger partial charge in [0.15, 0.2) is 0 Å². The van der Waals surface area contributed by atoms with Gasteiger partial charge < -0.3 is 24.5 Å². The third-order valence-corrected chi connectivity index (χ3v) is 5.87. The molecule has 0 saturated carbocycles. The van der Waals surface area contributed by atoms with E-state index in [0.29, 0.717) is 0 Å². The summed E-state index contributed by atoms with van der Waals surface area (Å²) in [6.07, 6.45) is 0. The molecule has 0 spiro atoms. The molecule has 0 amide bonds. The van der Waals surface area contributed by atoms with Crippen LogP contribution < -0.4 is 20.1 Å². The van der Waals surface area contributed by atoms with Crippen LogP contribution in [-0.4, -0.2) is 44.6 Å². The Labute approximate surface area is 197 Å². The van der Waals surface area contributed by atoms with E-state index in [-0.39, 0.29) is 6.79 Å². The van der Waals surface area contributed by atoms with Crippen molar-refractivity contribution in [3.8, 4) is 22.8 Å². The van der Waals surface area contributed by atoms with Crippen molar-refractivity contribution in [2.24, 2.45) is 9.98 Å². The van der Waals surface area contributed by atoms with Crippen molar-refractivity contribution in [3.05, 3.63) is 83.9 Å². The molecular weight excluding hydrogens is 428 g/mol. The van der Waals surface area contributed by atoms with E-state index in [1.165, 1.54) is 0 Å². The highest BCUT2D eigenvalue weighted by Crippen LogP contribution is 2.31. The number of para-hydroxylation sites is 1. The number of hydrogen-bond donors (Lipinski definition) is 2. The minimum Gasteiger partial charge on any atom is -0.458 e. The zero-order chi connectivity index (χ0) is 22.7. The van der Waals surface area contributed by atoms with E-state index >= 15 is 0 Å². The van der Waals surface area contributed by atoms with Gasteiger partial charge in [0.05, 0.1) is 18.7 Å². The van der Waals surface area contributed by atoms with E-state index in [9.17, 15) is 0 Å². The van der Waals surface area contributed by atoms with Crippen molar-refractivity contribution >= 4 is 22.6 Å². The predicted molar refractivity (Wildman–Crippen MR) is 133 cm³/mol. The van der Waals surface area contributed by atoms with Crippen LogP contribution in [0.25, 0.3) is 22.3 Å². The second kappa shape index (κ2) is 8.94. The molecule has 0 fully saturated rings. The standard InChI is InChI=1S/C27H24N4O3/c1-2-20-16-24(34-25(20)23(3-1)27-30-14-15-31-27)18-4-8-21(9-5-18)32-17-33-22-10-6-19(7-11-22)26-28-12-13-29-26/h1-11,16H,12-15,17H2,(H,28,29)(H,30,31). The lowest BCUT2D eigenvalue weighted by atomic mass is 10.1. The van der Waals surface area contributed by atoms with Gasteiger partial charge >= 0.3 is 0 Å². The summed E-state index contributed by atoms with van der Waals surface area (Å²) < 4.78 is 17.7. The predicted octanol–water partition coefficient (Wildman–Crippen LogP) is 4.21. The summed E-state index contributed by atoms with van der Waals surface area (Å²) in [5, 5.41) is 7.64. The van der Waals surface area contributed by atoms with Gasteiger partial charge in [-0.1, -0.05) is 12.1 Å². The number of nitrogens with zero attached hydrogens (tertiary/aromatic N) is 2. The molecule has 3 aromatic carbocycles. The summed E-state index contributed by atoms with van der Waals surface area (Å²) in [4.78, 5) is 8.96. The lowest BCUT2D eigenvalue weighted by molar-refractivity contribution is 0.120. The number of hydrogen-bond acceptors (Lipinski definition) is 7. The van der Waals surface area contributed by atoms with Crippen LogP contribution in [0.1, 0.15) is 11.1 Å². The number of ether oxygens (including phenoxy) is 2.